The highest BCUT2D eigenvalue weighted by Crippen LogP contribution is 2.29. The molecule has 3 rings (SSSR count). The van der Waals surface area contributed by atoms with Crippen molar-refractivity contribution in [1.29, 1.82) is 0 Å². The Labute approximate surface area is 169 Å². The standard InChI is InChI=1S/C22H26F3N3O/c1-17-5-2-3-7-19(17)14-26-21(29)16-28-11-9-27(10-12-28)15-18-6-4-8-20(13-18)22(23,24)25/h2-8,13H,9-12,14-16H2,1H3,(H,26,29)/p+2. The smallest absolute Gasteiger partial charge is 0.347 e. The van der Waals surface area contributed by atoms with E-state index in [4.69, 9.17) is 0 Å². The van der Waals surface area contributed by atoms with Crippen LogP contribution in [0.4, 0.5) is 13.2 Å². The van der Waals surface area contributed by atoms with Crippen LogP contribution in [-0.4, -0.2) is 38.6 Å². The molecule has 2 aromatic carbocycles. The largest absolute Gasteiger partial charge is 0.416 e. The van der Waals surface area contributed by atoms with Gasteiger partial charge in [-0.3, -0.25) is 4.79 Å². The maximum atomic E-state index is 12.9. The number of carbonyl (C=O) groups excluding carboxylic acids is 1. The maximum absolute atomic E-state index is 12.9. The number of carbonyl (C=O) groups is 1. The van der Waals surface area contributed by atoms with Crippen molar-refractivity contribution >= 4 is 5.91 Å². The van der Waals surface area contributed by atoms with E-state index in [9.17, 15) is 18.0 Å². The average molecular weight is 407 g/mol. The number of piperazine rings is 1. The fourth-order valence-corrected chi connectivity index (χ4v) is 3.75. The molecule has 4 nitrogen and oxygen atoms in total. The molecule has 0 unspecified atom stereocenters. The van der Waals surface area contributed by atoms with E-state index in [1.54, 1.807) is 6.07 Å². The predicted molar refractivity (Wildman–Crippen MR) is 104 cm³/mol. The van der Waals surface area contributed by atoms with Crippen molar-refractivity contribution < 1.29 is 27.8 Å². The summed E-state index contributed by atoms with van der Waals surface area (Å²) in [5, 5.41) is 2.99. The summed E-state index contributed by atoms with van der Waals surface area (Å²) in [6, 6.07) is 13.6. The molecule has 7 heteroatoms. The normalized spacial score (nSPS) is 19.7. The summed E-state index contributed by atoms with van der Waals surface area (Å²) in [4.78, 5) is 14.7. The first kappa shape index (κ1) is 21.3. The van der Waals surface area contributed by atoms with Gasteiger partial charge in [0.2, 0.25) is 0 Å². The van der Waals surface area contributed by atoms with Gasteiger partial charge in [0, 0.05) is 12.1 Å². The van der Waals surface area contributed by atoms with Crippen LogP contribution in [0.1, 0.15) is 22.3 Å². The number of hydrogen-bond donors (Lipinski definition) is 3. The van der Waals surface area contributed by atoms with Crippen LogP contribution in [0.3, 0.4) is 0 Å². The summed E-state index contributed by atoms with van der Waals surface area (Å²) in [7, 11) is 0. The molecule has 0 atom stereocenters. The number of aryl methyl sites for hydroxylation is 1. The Morgan fingerprint density at radius 3 is 2.38 bits per heavy atom. The van der Waals surface area contributed by atoms with Gasteiger partial charge in [0.15, 0.2) is 6.54 Å². The van der Waals surface area contributed by atoms with Gasteiger partial charge in [-0.25, -0.2) is 0 Å². The molecule has 1 saturated heterocycles. The number of amides is 1. The number of nitrogens with one attached hydrogen (secondary N) is 3. The zero-order valence-corrected chi connectivity index (χ0v) is 16.6. The molecular weight excluding hydrogens is 379 g/mol. The molecule has 156 valence electrons. The molecule has 1 amide bonds. The molecule has 1 aliphatic heterocycles. The van der Waals surface area contributed by atoms with E-state index < -0.39 is 11.7 Å². The van der Waals surface area contributed by atoms with Crippen molar-refractivity contribution in [2.75, 3.05) is 32.7 Å². The van der Waals surface area contributed by atoms with Crippen LogP contribution in [0.15, 0.2) is 48.5 Å². The molecule has 0 aromatic heterocycles. The van der Waals surface area contributed by atoms with E-state index in [1.807, 2.05) is 31.2 Å². The van der Waals surface area contributed by atoms with E-state index in [0.29, 0.717) is 25.2 Å². The Morgan fingerprint density at radius 2 is 1.69 bits per heavy atom. The molecule has 0 bridgehead atoms. The van der Waals surface area contributed by atoms with Crippen LogP contribution < -0.4 is 15.1 Å². The third-order valence-corrected chi connectivity index (χ3v) is 5.52. The second kappa shape index (κ2) is 9.41. The van der Waals surface area contributed by atoms with E-state index in [-0.39, 0.29) is 5.91 Å². The Balaban J connectivity index is 1.42. The van der Waals surface area contributed by atoms with Gasteiger partial charge in [0.25, 0.3) is 5.91 Å². The monoisotopic (exact) mass is 407 g/mol. The molecule has 1 heterocycles. The number of hydrogen-bond acceptors (Lipinski definition) is 1. The molecule has 0 saturated carbocycles. The lowest BCUT2D eigenvalue weighted by Crippen LogP contribution is -3.28. The van der Waals surface area contributed by atoms with Crippen LogP contribution in [0.2, 0.25) is 0 Å². The molecular formula is C22H28F3N3O+2. The number of halogens is 3. The van der Waals surface area contributed by atoms with Crippen LogP contribution >= 0.6 is 0 Å². The predicted octanol–water partition coefficient (Wildman–Crippen LogP) is 0.614. The highest BCUT2D eigenvalue weighted by Gasteiger charge is 2.31. The maximum Gasteiger partial charge on any atom is 0.416 e. The number of alkyl halides is 3. The van der Waals surface area contributed by atoms with Gasteiger partial charge < -0.3 is 15.1 Å². The average Bonchev–Trinajstić information content (AvgIpc) is 2.68. The fraction of sp³-hybridized carbons (Fsp3) is 0.409. The second-order valence-electron chi connectivity index (χ2n) is 7.75. The van der Waals surface area contributed by atoms with E-state index in [0.717, 1.165) is 43.4 Å². The fourth-order valence-electron chi connectivity index (χ4n) is 3.75. The first-order valence-electron chi connectivity index (χ1n) is 9.96. The molecule has 3 N–H and O–H groups in total. The molecule has 2 aromatic rings. The summed E-state index contributed by atoms with van der Waals surface area (Å²) < 4.78 is 38.6. The molecule has 1 fully saturated rings. The number of quaternary nitrogens is 2. The summed E-state index contributed by atoms with van der Waals surface area (Å²) in [5.41, 5.74) is 2.39. The van der Waals surface area contributed by atoms with Crippen molar-refractivity contribution in [3.8, 4) is 0 Å². The molecule has 0 radical (unpaired) electrons. The Bertz CT molecular complexity index is 830. The Kier molecular flexibility index (Phi) is 6.92. The summed E-state index contributed by atoms with van der Waals surface area (Å²) in [6.07, 6.45) is -4.31. The van der Waals surface area contributed by atoms with Crippen molar-refractivity contribution in [1.82, 2.24) is 5.32 Å². The van der Waals surface area contributed by atoms with Crippen molar-refractivity contribution in [3.05, 3.63) is 70.8 Å². The topological polar surface area (TPSA) is 38.0 Å². The van der Waals surface area contributed by atoms with E-state index in [2.05, 4.69) is 5.32 Å². The quantitative estimate of drug-likeness (QED) is 0.645. The minimum Gasteiger partial charge on any atom is -0.347 e. The lowest BCUT2D eigenvalue weighted by molar-refractivity contribution is -1.02. The lowest BCUT2D eigenvalue weighted by Gasteiger charge is -2.29. The zero-order valence-electron chi connectivity index (χ0n) is 16.6. The highest BCUT2D eigenvalue weighted by atomic mass is 19.4. The van der Waals surface area contributed by atoms with E-state index >= 15 is 0 Å². The third-order valence-electron chi connectivity index (χ3n) is 5.52. The highest BCUT2D eigenvalue weighted by molar-refractivity contribution is 5.76. The Morgan fingerprint density at radius 1 is 1.00 bits per heavy atom. The SMILES string of the molecule is Cc1ccccc1CNC(=O)C[NH+]1CC[NH+](Cc2cccc(C(F)(F)F)c2)CC1. The Hall–Kier alpha value is -2.38. The summed E-state index contributed by atoms with van der Waals surface area (Å²) in [5.74, 6) is 0.0320. The summed E-state index contributed by atoms with van der Waals surface area (Å²) >= 11 is 0. The van der Waals surface area contributed by atoms with Gasteiger partial charge in [-0.2, -0.15) is 13.2 Å². The lowest BCUT2D eigenvalue weighted by atomic mass is 10.1. The van der Waals surface area contributed by atoms with Gasteiger partial charge in [-0.1, -0.05) is 36.4 Å². The number of rotatable bonds is 6. The van der Waals surface area contributed by atoms with Crippen LogP contribution in [0.5, 0.6) is 0 Å². The van der Waals surface area contributed by atoms with Gasteiger partial charge in [0.1, 0.15) is 32.7 Å². The van der Waals surface area contributed by atoms with Crippen molar-refractivity contribution in [2.24, 2.45) is 0 Å². The van der Waals surface area contributed by atoms with E-state index in [1.165, 1.54) is 21.9 Å². The molecule has 29 heavy (non-hydrogen) atoms. The van der Waals surface area contributed by atoms with Crippen molar-refractivity contribution in [2.45, 2.75) is 26.2 Å². The first-order valence-corrected chi connectivity index (χ1v) is 9.96. The number of benzene rings is 2. The van der Waals surface area contributed by atoms with Crippen LogP contribution in [0, 0.1) is 6.92 Å². The summed E-state index contributed by atoms with van der Waals surface area (Å²) in [6.45, 7) is 6.94. The molecule has 1 aliphatic rings. The van der Waals surface area contributed by atoms with Gasteiger partial charge >= 0.3 is 6.18 Å². The minimum atomic E-state index is -4.31. The van der Waals surface area contributed by atoms with Crippen LogP contribution in [0.25, 0.3) is 0 Å². The van der Waals surface area contributed by atoms with Crippen molar-refractivity contribution in [3.63, 3.8) is 0 Å². The van der Waals surface area contributed by atoms with Gasteiger partial charge in [-0.15, -0.1) is 0 Å². The minimum absolute atomic E-state index is 0.0320. The third kappa shape index (κ3) is 6.30. The second-order valence-corrected chi connectivity index (χ2v) is 7.75. The van der Waals surface area contributed by atoms with Gasteiger partial charge in [0.05, 0.1) is 5.56 Å². The van der Waals surface area contributed by atoms with Crippen LogP contribution in [-0.2, 0) is 24.1 Å². The first-order chi connectivity index (χ1) is 13.8. The molecule has 0 aliphatic carbocycles. The van der Waals surface area contributed by atoms with Gasteiger partial charge in [-0.05, 0) is 30.2 Å². The molecule has 0 spiro atoms. The zero-order chi connectivity index (χ0) is 20.9.